The van der Waals surface area contributed by atoms with Crippen LogP contribution in [0.3, 0.4) is 0 Å². The molecule has 0 bridgehead atoms. The number of thioether (sulfide) groups is 1. The molecule has 8 nitrogen and oxygen atoms in total. The summed E-state index contributed by atoms with van der Waals surface area (Å²) in [6.07, 6.45) is 0.373. The Kier molecular flexibility index (Phi) is 9.05. The fraction of sp³-hybridized carbons (Fsp3) is 0.154. The Morgan fingerprint density at radius 1 is 0.973 bits per heavy atom. The summed E-state index contributed by atoms with van der Waals surface area (Å²) in [5.74, 6) is -0.185. The molecule has 0 atom stereocenters. The molecule has 0 saturated heterocycles. The zero-order valence-corrected chi connectivity index (χ0v) is 22.0. The second-order valence-corrected chi connectivity index (χ2v) is 9.39. The van der Waals surface area contributed by atoms with Gasteiger partial charge in [-0.3, -0.25) is 4.79 Å². The van der Waals surface area contributed by atoms with Gasteiger partial charge in [0, 0.05) is 11.4 Å². The number of nitrogens with zero attached hydrogens (tertiary/aromatic N) is 2. The first-order valence-electron chi connectivity index (χ1n) is 11.2. The van der Waals surface area contributed by atoms with Crippen LogP contribution in [0.5, 0.6) is 0 Å². The molecule has 0 spiro atoms. The fourth-order valence-corrected chi connectivity index (χ4v) is 4.38. The summed E-state index contributed by atoms with van der Waals surface area (Å²) in [7, 11) is 0. The van der Waals surface area contributed by atoms with Gasteiger partial charge in [-0.2, -0.15) is 0 Å². The quantitative estimate of drug-likeness (QED) is 0.166. The van der Waals surface area contributed by atoms with Gasteiger partial charge in [-0.15, -0.1) is 10.2 Å². The van der Waals surface area contributed by atoms with Crippen molar-refractivity contribution in [3.8, 4) is 0 Å². The molecule has 4 aromatic rings. The molecule has 1 heterocycles. The first kappa shape index (κ1) is 26.5. The van der Waals surface area contributed by atoms with E-state index in [1.54, 1.807) is 49.4 Å². The van der Waals surface area contributed by atoms with Crippen LogP contribution in [0.2, 0.25) is 10.0 Å². The number of hydrogen-bond acceptors (Lipinski definition) is 8. The van der Waals surface area contributed by atoms with E-state index in [4.69, 9.17) is 32.4 Å². The lowest BCUT2D eigenvalue weighted by atomic mass is 10.1. The first-order valence-corrected chi connectivity index (χ1v) is 13.0. The predicted octanol–water partition coefficient (Wildman–Crippen LogP) is 6.62. The van der Waals surface area contributed by atoms with Crippen LogP contribution in [0.1, 0.15) is 28.7 Å². The lowest BCUT2D eigenvalue weighted by Crippen LogP contribution is -2.14. The van der Waals surface area contributed by atoms with Gasteiger partial charge >= 0.3 is 5.97 Å². The molecule has 190 valence electrons. The Morgan fingerprint density at radius 2 is 1.70 bits per heavy atom. The number of anilines is 3. The van der Waals surface area contributed by atoms with E-state index in [9.17, 15) is 9.59 Å². The van der Waals surface area contributed by atoms with Gasteiger partial charge in [-0.25, -0.2) is 4.79 Å². The highest BCUT2D eigenvalue weighted by Gasteiger charge is 2.14. The normalized spacial score (nSPS) is 10.7. The minimum absolute atomic E-state index is 0.0738. The van der Waals surface area contributed by atoms with Crippen molar-refractivity contribution in [2.24, 2.45) is 0 Å². The third-order valence-corrected chi connectivity index (χ3v) is 6.48. The highest BCUT2D eigenvalue weighted by atomic mass is 35.5. The number of rotatable bonds is 10. The molecular weight excluding hydrogens is 535 g/mol. The molecule has 37 heavy (non-hydrogen) atoms. The van der Waals surface area contributed by atoms with Gasteiger partial charge < -0.3 is 19.8 Å². The summed E-state index contributed by atoms with van der Waals surface area (Å²) < 4.78 is 10.7. The topological polar surface area (TPSA) is 106 Å². The Hall–Kier alpha value is -3.53. The van der Waals surface area contributed by atoms with Crippen LogP contribution < -0.4 is 10.6 Å². The first-order chi connectivity index (χ1) is 17.9. The molecule has 3 aromatic carbocycles. The minimum Gasteiger partial charge on any atom is -0.462 e. The summed E-state index contributed by atoms with van der Waals surface area (Å²) >= 11 is 13.7. The second-order valence-electron chi connectivity index (χ2n) is 7.65. The van der Waals surface area contributed by atoms with E-state index in [0.29, 0.717) is 45.9 Å². The van der Waals surface area contributed by atoms with E-state index in [1.165, 1.54) is 0 Å². The van der Waals surface area contributed by atoms with Crippen molar-refractivity contribution >= 4 is 63.9 Å². The fourth-order valence-electron chi connectivity index (χ4n) is 3.31. The van der Waals surface area contributed by atoms with Crippen molar-refractivity contribution in [3.63, 3.8) is 0 Å². The van der Waals surface area contributed by atoms with Crippen LogP contribution in [0.25, 0.3) is 0 Å². The number of carbonyl (C=O) groups excluding carboxylic acids is 2. The van der Waals surface area contributed by atoms with E-state index >= 15 is 0 Å². The molecule has 2 N–H and O–H groups in total. The molecule has 4 rings (SSSR count). The van der Waals surface area contributed by atoms with Crippen molar-refractivity contribution in [1.82, 2.24) is 10.2 Å². The standard InChI is InChI=1S/C26H22Cl2N4O4S/c1-2-35-25(34)16-10-12-18(13-11-16)29-22(33)15-37-26-32-31-23(36-26)14-17-6-3-4-9-21(17)30-24-19(27)7-5-8-20(24)28/h3-13,30H,2,14-15H2,1H3,(H,29,33). The molecule has 0 radical (unpaired) electrons. The number of esters is 1. The molecular formula is C26H22Cl2N4O4S. The number of ether oxygens (including phenoxy) is 1. The van der Waals surface area contributed by atoms with Crippen LogP contribution in [0.15, 0.2) is 76.4 Å². The van der Waals surface area contributed by atoms with E-state index in [-0.39, 0.29) is 16.9 Å². The molecule has 0 aliphatic rings. The number of halogens is 2. The third kappa shape index (κ3) is 7.25. The van der Waals surface area contributed by atoms with Crippen LogP contribution in [-0.2, 0) is 16.0 Å². The molecule has 0 unspecified atom stereocenters. The smallest absolute Gasteiger partial charge is 0.338 e. The van der Waals surface area contributed by atoms with Crippen molar-refractivity contribution in [3.05, 3.63) is 93.8 Å². The predicted molar refractivity (Wildman–Crippen MR) is 145 cm³/mol. The van der Waals surface area contributed by atoms with E-state index in [2.05, 4.69) is 20.8 Å². The zero-order chi connectivity index (χ0) is 26.2. The van der Waals surface area contributed by atoms with Crippen LogP contribution in [0.4, 0.5) is 17.1 Å². The largest absolute Gasteiger partial charge is 0.462 e. The highest BCUT2D eigenvalue weighted by molar-refractivity contribution is 7.99. The lowest BCUT2D eigenvalue weighted by molar-refractivity contribution is -0.113. The maximum atomic E-state index is 12.3. The Morgan fingerprint density at radius 3 is 2.43 bits per heavy atom. The number of para-hydroxylation sites is 2. The second kappa shape index (κ2) is 12.6. The molecule has 0 fully saturated rings. The van der Waals surface area contributed by atoms with E-state index in [1.807, 2.05) is 24.3 Å². The average molecular weight is 557 g/mol. The molecule has 0 aliphatic carbocycles. The SMILES string of the molecule is CCOC(=O)c1ccc(NC(=O)CSc2nnc(Cc3ccccc3Nc3c(Cl)cccc3Cl)o2)cc1. The molecule has 1 aromatic heterocycles. The molecule has 1 amide bonds. The molecule has 11 heteroatoms. The van der Waals surface area contributed by atoms with Crippen LogP contribution in [-0.4, -0.2) is 34.4 Å². The van der Waals surface area contributed by atoms with Crippen LogP contribution >= 0.6 is 35.0 Å². The number of hydrogen-bond donors (Lipinski definition) is 2. The van der Waals surface area contributed by atoms with Gasteiger partial charge in [0.2, 0.25) is 11.8 Å². The average Bonchev–Trinajstić information content (AvgIpc) is 3.34. The number of amides is 1. The van der Waals surface area contributed by atoms with Crippen molar-refractivity contribution < 1.29 is 18.7 Å². The maximum Gasteiger partial charge on any atom is 0.338 e. The summed E-state index contributed by atoms with van der Waals surface area (Å²) in [6.45, 7) is 2.04. The van der Waals surface area contributed by atoms with Gasteiger partial charge in [0.15, 0.2) is 0 Å². The van der Waals surface area contributed by atoms with Gasteiger partial charge in [-0.05, 0) is 55.0 Å². The van der Waals surface area contributed by atoms with Crippen molar-refractivity contribution in [1.29, 1.82) is 0 Å². The zero-order valence-electron chi connectivity index (χ0n) is 19.7. The highest BCUT2D eigenvalue weighted by Crippen LogP contribution is 2.34. The monoisotopic (exact) mass is 556 g/mol. The molecule has 0 saturated carbocycles. The van der Waals surface area contributed by atoms with Crippen molar-refractivity contribution in [2.75, 3.05) is 23.0 Å². The Balaban J connectivity index is 1.33. The van der Waals surface area contributed by atoms with Crippen molar-refractivity contribution in [2.45, 2.75) is 18.6 Å². The number of nitrogens with one attached hydrogen (secondary N) is 2. The molecule has 0 aliphatic heterocycles. The van der Waals surface area contributed by atoms with Crippen LogP contribution in [0, 0.1) is 0 Å². The Bertz CT molecular complexity index is 1380. The number of benzene rings is 3. The number of carbonyl (C=O) groups is 2. The van der Waals surface area contributed by atoms with Gasteiger partial charge in [0.1, 0.15) is 0 Å². The summed E-state index contributed by atoms with van der Waals surface area (Å²) in [6, 6.07) is 19.4. The summed E-state index contributed by atoms with van der Waals surface area (Å²) in [5, 5.41) is 15.5. The van der Waals surface area contributed by atoms with Gasteiger partial charge in [-0.1, -0.05) is 59.2 Å². The van der Waals surface area contributed by atoms with E-state index < -0.39 is 5.97 Å². The third-order valence-electron chi connectivity index (χ3n) is 5.04. The summed E-state index contributed by atoms with van der Waals surface area (Å²) in [5.41, 5.74) is 3.30. The number of aromatic nitrogens is 2. The Labute approximate surface area is 227 Å². The lowest BCUT2D eigenvalue weighted by Gasteiger charge is -2.13. The van der Waals surface area contributed by atoms with E-state index in [0.717, 1.165) is 23.0 Å². The maximum absolute atomic E-state index is 12.3. The van der Waals surface area contributed by atoms with Gasteiger partial charge in [0.05, 0.1) is 40.1 Å². The van der Waals surface area contributed by atoms with Gasteiger partial charge in [0.25, 0.3) is 5.22 Å². The minimum atomic E-state index is -0.408. The summed E-state index contributed by atoms with van der Waals surface area (Å²) in [4.78, 5) is 24.1.